The van der Waals surface area contributed by atoms with Gasteiger partial charge in [0.25, 0.3) is 5.91 Å². The summed E-state index contributed by atoms with van der Waals surface area (Å²) in [7, 11) is -3.58. The SMILES string of the molecule is CCN(CC)S(=O)(=O)c1cccc(C(=O)NC(CN)C2CCCCC2)c1. The molecule has 1 aromatic carbocycles. The van der Waals surface area contributed by atoms with Crippen LogP contribution in [0.3, 0.4) is 0 Å². The van der Waals surface area contributed by atoms with Gasteiger partial charge in [0.15, 0.2) is 0 Å². The molecule has 1 fully saturated rings. The number of nitrogens with two attached hydrogens (primary N) is 1. The fourth-order valence-electron chi connectivity index (χ4n) is 3.67. The van der Waals surface area contributed by atoms with Crippen LogP contribution in [-0.2, 0) is 10.0 Å². The van der Waals surface area contributed by atoms with E-state index in [1.165, 1.54) is 35.7 Å². The Morgan fingerprint density at radius 3 is 2.46 bits per heavy atom. The van der Waals surface area contributed by atoms with Gasteiger partial charge in [-0.25, -0.2) is 8.42 Å². The summed E-state index contributed by atoms with van der Waals surface area (Å²) in [6, 6.07) is 6.18. The Balaban J connectivity index is 2.16. The zero-order chi connectivity index (χ0) is 19.2. The molecule has 26 heavy (non-hydrogen) atoms. The highest BCUT2D eigenvalue weighted by Gasteiger charge is 2.26. The molecule has 1 unspecified atom stereocenters. The number of nitrogens with zero attached hydrogens (tertiary/aromatic N) is 1. The van der Waals surface area contributed by atoms with Crippen molar-refractivity contribution in [2.45, 2.75) is 56.9 Å². The maximum atomic E-state index is 12.7. The quantitative estimate of drug-likeness (QED) is 0.723. The van der Waals surface area contributed by atoms with Gasteiger partial charge in [-0.2, -0.15) is 4.31 Å². The largest absolute Gasteiger partial charge is 0.348 e. The summed E-state index contributed by atoms with van der Waals surface area (Å²) in [5, 5.41) is 3.02. The molecular formula is C19H31N3O3S. The molecule has 0 saturated heterocycles. The van der Waals surface area contributed by atoms with Crippen LogP contribution in [-0.4, -0.2) is 44.3 Å². The molecule has 3 N–H and O–H groups in total. The molecule has 1 amide bonds. The van der Waals surface area contributed by atoms with Crippen molar-refractivity contribution in [2.24, 2.45) is 11.7 Å². The lowest BCUT2D eigenvalue weighted by Gasteiger charge is -2.30. The van der Waals surface area contributed by atoms with E-state index in [0.717, 1.165) is 12.8 Å². The van der Waals surface area contributed by atoms with E-state index in [9.17, 15) is 13.2 Å². The number of nitrogens with one attached hydrogen (secondary N) is 1. The fraction of sp³-hybridized carbons (Fsp3) is 0.632. The number of carbonyl (C=O) groups is 1. The zero-order valence-electron chi connectivity index (χ0n) is 15.8. The van der Waals surface area contributed by atoms with E-state index in [2.05, 4.69) is 5.32 Å². The van der Waals surface area contributed by atoms with Crippen LogP contribution in [0.15, 0.2) is 29.2 Å². The van der Waals surface area contributed by atoms with Gasteiger partial charge in [0.05, 0.1) is 4.90 Å². The van der Waals surface area contributed by atoms with Crippen LogP contribution in [0.1, 0.15) is 56.3 Å². The Morgan fingerprint density at radius 2 is 1.88 bits per heavy atom. The molecule has 0 heterocycles. The molecule has 1 aromatic rings. The molecule has 2 rings (SSSR count). The number of hydrogen-bond donors (Lipinski definition) is 2. The number of rotatable bonds is 8. The van der Waals surface area contributed by atoms with E-state index in [1.54, 1.807) is 26.0 Å². The average molecular weight is 382 g/mol. The summed E-state index contributed by atoms with van der Waals surface area (Å²) in [5.74, 6) is 0.142. The number of carbonyl (C=O) groups excluding carboxylic acids is 1. The van der Waals surface area contributed by atoms with Crippen LogP contribution in [0.4, 0.5) is 0 Å². The normalized spacial score (nSPS) is 17.2. The molecular weight excluding hydrogens is 350 g/mol. The molecule has 1 aliphatic rings. The zero-order valence-corrected chi connectivity index (χ0v) is 16.6. The van der Waals surface area contributed by atoms with Crippen molar-refractivity contribution in [1.29, 1.82) is 0 Å². The molecule has 146 valence electrons. The summed E-state index contributed by atoms with van der Waals surface area (Å²) in [6.07, 6.45) is 5.76. The highest BCUT2D eigenvalue weighted by molar-refractivity contribution is 7.89. The van der Waals surface area contributed by atoms with E-state index in [1.807, 2.05) is 0 Å². The van der Waals surface area contributed by atoms with Crippen LogP contribution in [0.5, 0.6) is 0 Å². The van der Waals surface area contributed by atoms with E-state index in [-0.39, 0.29) is 16.8 Å². The second-order valence-electron chi connectivity index (χ2n) is 6.83. The van der Waals surface area contributed by atoms with Gasteiger partial charge >= 0.3 is 0 Å². The minimum absolute atomic E-state index is 0.0640. The number of sulfonamides is 1. The third-order valence-electron chi connectivity index (χ3n) is 5.23. The topological polar surface area (TPSA) is 92.5 Å². The lowest BCUT2D eigenvalue weighted by molar-refractivity contribution is 0.0915. The summed E-state index contributed by atoms with van der Waals surface area (Å²) in [5.41, 5.74) is 6.24. The predicted octanol–water partition coefficient (Wildman–Crippen LogP) is 2.35. The van der Waals surface area contributed by atoms with Gasteiger partial charge in [0, 0.05) is 31.2 Å². The molecule has 0 bridgehead atoms. The Hall–Kier alpha value is -1.44. The van der Waals surface area contributed by atoms with Crippen LogP contribution in [0.2, 0.25) is 0 Å². The molecule has 0 spiro atoms. The molecule has 0 radical (unpaired) electrons. The van der Waals surface area contributed by atoms with Crippen molar-refractivity contribution < 1.29 is 13.2 Å². The highest BCUT2D eigenvalue weighted by atomic mass is 32.2. The maximum Gasteiger partial charge on any atom is 0.251 e. The van der Waals surface area contributed by atoms with Crippen molar-refractivity contribution in [3.05, 3.63) is 29.8 Å². The Kier molecular flexibility index (Phi) is 7.61. The summed E-state index contributed by atoms with van der Waals surface area (Å²) in [6.45, 7) is 4.79. The van der Waals surface area contributed by atoms with Crippen LogP contribution >= 0.6 is 0 Å². The van der Waals surface area contributed by atoms with Crippen molar-refractivity contribution in [2.75, 3.05) is 19.6 Å². The lowest BCUT2D eigenvalue weighted by atomic mass is 9.84. The third-order valence-corrected chi connectivity index (χ3v) is 7.27. The van der Waals surface area contributed by atoms with Crippen molar-refractivity contribution in [3.63, 3.8) is 0 Å². The Bertz CT molecular complexity index is 696. The highest BCUT2D eigenvalue weighted by Crippen LogP contribution is 2.26. The van der Waals surface area contributed by atoms with Gasteiger partial charge in [-0.15, -0.1) is 0 Å². The Labute approximate surface area is 157 Å². The molecule has 6 nitrogen and oxygen atoms in total. The van der Waals surface area contributed by atoms with Crippen molar-refractivity contribution >= 4 is 15.9 Å². The lowest BCUT2D eigenvalue weighted by Crippen LogP contribution is -2.46. The second-order valence-corrected chi connectivity index (χ2v) is 8.77. The average Bonchev–Trinajstić information content (AvgIpc) is 2.67. The van der Waals surface area contributed by atoms with Gasteiger partial charge < -0.3 is 11.1 Å². The van der Waals surface area contributed by atoms with Gasteiger partial charge in [-0.05, 0) is 37.0 Å². The van der Waals surface area contributed by atoms with Gasteiger partial charge in [-0.1, -0.05) is 39.2 Å². The molecule has 0 aromatic heterocycles. The third kappa shape index (κ3) is 4.84. The fourth-order valence-corrected chi connectivity index (χ4v) is 5.17. The predicted molar refractivity (Wildman–Crippen MR) is 103 cm³/mol. The molecule has 0 aliphatic heterocycles. The van der Waals surface area contributed by atoms with Crippen molar-refractivity contribution in [3.8, 4) is 0 Å². The van der Waals surface area contributed by atoms with Crippen molar-refractivity contribution in [1.82, 2.24) is 9.62 Å². The van der Waals surface area contributed by atoms with E-state index in [0.29, 0.717) is 31.1 Å². The van der Waals surface area contributed by atoms with E-state index >= 15 is 0 Å². The molecule has 7 heteroatoms. The molecule has 1 atom stereocenters. The number of benzene rings is 1. The van der Waals surface area contributed by atoms with E-state index in [4.69, 9.17) is 5.73 Å². The van der Waals surface area contributed by atoms with Crippen LogP contribution in [0.25, 0.3) is 0 Å². The standard InChI is InChI=1S/C19H31N3O3S/c1-3-22(4-2)26(24,25)17-12-8-11-16(13-17)19(23)21-18(14-20)15-9-6-5-7-10-15/h8,11-13,15,18H,3-7,9-10,14,20H2,1-2H3,(H,21,23). The molecule has 1 aliphatic carbocycles. The maximum absolute atomic E-state index is 12.7. The van der Waals surface area contributed by atoms with Crippen LogP contribution in [0, 0.1) is 5.92 Å². The first-order valence-corrected chi connectivity index (χ1v) is 11.0. The first-order valence-electron chi connectivity index (χ1n) is 9.55. The van der Waals surface area contributed by atoms with Crippen LogP contribution < -0.4 is 11.1 Å². The van der Waals surface area contributed by atoms with Gasteiger partial charge in [-0.3, -0.25) is 4.79 Å². The Morgan fingerprint density at radius 1 is 1.23 bits per heavy atom. The summed E-state index contributed by atoms with van der Waals surface area (Å²) < 4.78 is 26.7. The smallest absolute Gasteiger partial charge is 0.251 e. The van der Waals surface area contributed by atoms with Gasteiger partial charge in [0.2, 0.25) is 10.0 Å². The number of amides is 1. The number of hydrogen-bond acceptors (Lipinski definition) is 4. The monoisotopic (exact) mass is 381 g/mol. The first-order chi connectivity index (χ1) is 12.4. The minimum Gasteiger partial charge on any atom is -0.348 e. The summed E-state index contributed by atoms with van der Waals surface area (Å²) in [4.78, 5) is 12.8. The second kappa shape index (κ2) is 9.48. The molecule has 1 saturated carbocycles. The van der Waals surface area contributed by atoms with Gasteiger partial charge in [0.1, 0.15) is 0 Å². The minimum atomic E-state index is -3.58. The summed E-state index contributed by atoms with van der Waals surface area (Å²) >= 11 is 0. The first kappa shape index (κ1) is 20.9. The van der Waals surface area contributed by atoms with E-state index < -0.39 is 10.0 Å².